The summed E-state index contributed by atoms with van der Waals surface area (Å²) in [5, 5.41) is 2.72. The van der Waals surface area contributed by atoms with E-state index in [1.54, 1.807) is 0 Å². The lowest BCUT2D eigenvalue weighted by atomic mass is 9.86. The van der Waals surface area contributed by atoms with Gasteiger partial charge in [-0.05, 0) is 47.6 Å². The molecule has 0 radical (unpaired) electrons. The largest absolute Gasteiger partial charge is 0.455 e. The van der Waals surface area contributed by atoms with Crippen molar-refractivity contribution in [2.45, 2.75) is 19.3 Å². The van der Waals surface area contributed by atoms with Gasteiger partial charge in [0.15, 0.2) is 6.61 Å². The number of amides is 1. The molecular formula is C13H14INO3. The van der Waals surface area contributed by atoms with Crippen LogP contribution in [0.3, 0.4) is 0 Å². The van der Waals surface area contributed by atoms with Crippen molar-refractivity contribution in [3.8, 4) is 0 Å². The molecule has 0 aromatic heterocycles. The van der Waals surface area contributed by atoms with Crippen LogP contribution in [0, 0.1) is 9.49 Å². The van der Waals surface area contributed by atoms with Crippen LogP contribution < -0.4 is 5.32 Å². The van der Waals surface area contributed by atoms with Crippen molar-refractivity contribution >= 4 is 40.2 Å². The Morgan fingerprint density at radius 3 is 2.67 bits per heavy atom. The van der Waals surface area contributed by atoms with E-state index in [2.05, 4.69) is 27.9 Å². The van der Waals surface area contributed by atoms with Crippen LogP contribution in [0.2, 0.25) is 0 Å². The highest BCUT2D eigenvalue weighted by molar-refractivity contribution is 14.1. The number of halogens is 1. The van der Waals surface area contributed by atoms with Crippen molar-refractivity contribution < 1.29 is 14.3 Å². The lowest BCUT2D eigenvalue weighted by molar-refractivity contribution is -0.154. The molecule has 0 bridgehead atoms. The zero-order valence-electron chi connectivity index (χ0n) is 9.82. The molecule has 1 aliphatic rings. The second-order valence-electron chi connectivity index (χ2n) is 4.26. The first-order chi connectivity index (χ1) is 8.66. The maximum atomic E-state index is 11.6. The molecule has 1 N–H and O–H groups in total. The second kappa shape index (κ2) is 6.17. The Morgan fingerprint density at radius 2 is 2.06 bits per heavy atom. The first-order valence-electron chi connectivity index (χ1n) is 5.88. The van der Waals surface area contributed by atoms with Gasteiger partial charge in [-0.1, -0.05) is 18.6 Å². The molecule has 0 saturated heterocycles. The number of carbonyl (C=O) groups excluding carboxylic acids is 2. The maximum absolute atomic E-state index is 11.6. The molecule has 1 aromatic carbocycles. The summed E-state index contributed by atoms with van der Waals surface area (Å²) in [4.78, 5) is 23.1. The highest BCUT2D eigenvalue weighted by atomic mass is 127. The van der Waals surface area contributed by atoms with E-state index in [1.807, 2.05) is 24.3 Å². The van der Waals surface area contributed by atoms with Crippen molar-refractivity contribution in [1.29, 1.82) is 0 Å². The summed E-state index contributed by atoms with van der Waals surface area (Å²) < 4.78 is 5.92. The molecule has 1 amide bonds. The van der Waals surface area contributed by atoms with Crippen LogP contribution >= 0.6 is 22.6 Å². The Balaban J connectivity index is 1.78. The van der Waals surface area contributed by atoms with Crippen molar-refractivity contribution in [3.05, 3.63) is 27.8 Å². The summed E-state index contributed by atoms with van der Waals surface area (Å²) >= 11 is 2.14. The monoisotopic (exact) mass is 359 g/mol. The molecule has 1 aromatic rings. The average Bonchev–Trinajstić information content (AvgIpc) is 2.27. The van der Waals surface area contributed by atoms with Gasteiger partial charge in [0.05, 0.1) is 11.6 Å². The van der Waals surface area contributed by atoms with E-state index in [4.69, 9.17) is 4.74 Å². The minimum atomic E-state index is -0.299. The number of hydrogen-bond donors (Lipinski definition) is 1. The SMILES string of the molecule is O=C(COC(=O)C1CCC1)Nc1ccccc1I. The number of nitrogens with one attached hydrogen (secondary N) is 1. The molecule has 0 spiro atoms. The molecule has 1 saturated carbocycles. The first-order valence-corrected chi connectivity index (χ1v) is 6.95. The van der Waals surface area contributed by atoms with Gasteiger partial charge in [0.2, 0.25) is 0 Å². The summed E-state index contributed by atoms with van der Waals surface area (Å²) in [5.74, 6) is -0.541. The van der Waals surface area contributed by atoms with Crippen molar-refractivity contribution in [2.75, 3.05) is 11.9 Å². The fraction of sp³-hybridized carbons (Fsp3) is 0.385. The number of ether oxygens (including phenoxy) is 1. The van der Waals surface area contributed by atoms with Gasteiger partial charge in [0.25, 0.3) is 5.91 Å². The van der Waals surface area contributed by atoms with Crippen molar-refractivity contribution in [1.82, 2.24) is 0 Å². The zero-order valence-corrected chi connectivity index (χ0v) is 12.0. The van der Waals surface area contributed by atoms with E-state index in [0.29, 0.717) is 0 Å². The molecule has 0 aliphatic heterocycles. The Morgan fingerprint density at radius 1 is 1.33 bits per heavy atom. The standard InChI is InChI=1S/C13H14INO3/c14-10-6-1-2-7-11(10)15-12(16)8-18-13(17)9-4-3-5-9/h1-2,6-7,9H,3-5,8H2,(H,15,16). The van der Waals surface area contributed by atoms with Crippen LogP contribution in [-0.2, 0) is 14.3 Å². The van der Waals surface area contributed by atoms with Gasteiger partial charge in [0.1, 0.15) is 0 Å². The normalized spacial score (nSPS) is 14.7. The van der Waals surface area contributed by atoms with Gasteiger partial charge in [-0.3, -0.25) is 9.59 Å². The number of carbonyl (C=O) groups is 2. The Hall–Kier alpha value is -1.11. The van der Waals surface area contributed by atoms with Gasteiger partial charge in [-0.25, -0.2) is 0 Å². The molecular weight excluding hydrogens is 345 g/mol. The summed E-state index contributed by atoms with van der Waals surface area (Å²) in [5.41, 5.74) is 0.739. The molecule has 1 fully saturated rings. The van der Waals surface area contributed by atoms with Gasteiger partial charge < -0.3 is 10.1 Å². The van der Waals surface area contributed by atoms with E-state index in [9.17, 15) is 9.59 Å². The highest BCUT2D eigenvalue weighted by Crippen LogP contribution is 2.27. The lowest BCUT2D eigenvalue weighted by Gasteiger charge is -2.22. The number of esters is 1. The van der Waals surface area contributed by atoms with Gasteiger partial charge in [-0.15, -0.1) is 0 Å². The summed E-state index contributed by atoms with van der Waals surface area (Å²) in [6.07, 6.45) is 2.85. The van der Waals surface area contributed by atoms with Crippen LogP contribution in [0.15, 0.2) is 24.3 Å². The molecule has 4 nitrogen and oxygen atoms in total. The Labute approximate surface area is 119 Å². The molecule has 0 atom stereocenters. The fourth-order valence-electron chi connectivity index (χ4n) is 1.65. The quantitative estimate of drug-likeness (QED) is 0.664. The predicted octanol–water partition coefficient (Wildman–Crippen LogP) is 2.57. The molecule has 0 heterocycles. The summed E-state index contributed by atoms with van der Waals surface area (Å²) in [7, 11) is 0. The van der Waals surface area contributed by atoms with Crippen LogP contribution in [0.5, 0.6) is 0 Å². The second-order valence-corrected chi connectivity index (χ2v) is 5.43. The number of hydrogen-bond acceptors (Lipinski definition) is 3. The topological polar surface area (TPSA) is 55.4 Å². The number of para-hydroxylation sites is 1. The summed E-state index contributed by atoms with van der Waals surface area (Å²) in [6, 6.07) is 7.45. The van der Waals surface area contributed by atoms with Crippen molar-refractivity contribution in [3.63, 3.8) is 0 Å². The summed E-state index contributed by atoms with van der Waals surface area (Å²) in [6.45, 7) is -0.208. The molecule has 0 unspecified atom stereocenters. The Bertz CT molecular complexity index is 457. The van der Waals surface area contributed by atoms with Crippen molar-refractivity contribution in [2.24, 2.45) is 5.92 Å². The van der Waals surface area contributed by atoms with E-state index in [-0.39, 0.29) is 24.4 Å². The van der Waals surface area contributed by atoms with Crippen LogP contribution in [0.1, 0.15) is 19.3 Å². The molecule has 96 valence electrons. The van der Waals surface area contributed by atoms with Crippen LogP contribution in [0.4, 0.5) is 5.69 Å². The van der Waals surface area contributed by atoms with Crippen LogP contribution in [-0.4, -0.2) is 18.5 Å². The van der Waals surface area contributed by atoms with Gasteiger partial charge >= 0.3 is 5.97 Å². The molecule has 1 aliphatic carbocycles. The van der Waals surface area contributed by atoms with Gasteiger partial charge in [-0.2, -0.15) is 0 Å². The molecule has 2 rings (SSSR count). The highest BCUT2D eigenvalue weighted by Gasteiger charge is 2.27. The third kappa shape index (κ3) is 3.44. The van der Waals surface area contributed by atoms with Crippen LogP contribution in [0.25, 0.3) is 0 Å². The van der Waals surface area contributed by atoms with Gasteiger partial charge in [0, 0.05) is 3.57 Å². The predicted molar refractivity (Wildman–Crippen MR) is 76.1 cm³/mol. The smallest absolute Gasteiger partial charge is 0.309 e. The number of anilines is 1. The van der Waals surface area contributed by atoms with E-state index >= 15 is 0 Å². The minimum absolute atomic E-state index is 0.00895. The Kier molecular flexibility index (Phi) is 4.57. The average molecular weight is 359 g/mol. The zero-order chi connectivity index (χ0) is 13.0. The third-order valence-corrected chi connectivity index (χ3v) is 3.87. The maximum Gasteiger partial charge on any atom is 0.309 e. The van der Waals surface area contributed by atoms with E-state index in [0.717, 1.165) is 28.5 Å². The lowest BCUT2D eigenvalue weighted by Crippen LogP contribution is -2.28. The van der Waals surface area contributed by atoms with E-state index < -0.39 is 0 Å². The molecule has 5 heteroatoms. The molecule has 18 heavy (non-hydrogen) atoms. The number of benzene rings is 1. The third-order valence-electron chi connectivity index (χ3n) is 2.93. The number of rotatable bonds is 4. The minimum Gasteiger partial charge on any atom is -0.455 e. The fourth-order valence-corrected chi connectivity index (χ4v) is 2.17. The van der Waals surface area contributed by atoms with E-state index in [1.165, 1.54) is 0 Å². The first kappa shape index (κ1) is 13.3.